The molecule has 1 amide bonds. The van der Waals surface area contributed by atoms with Gasteiger partial charge in [0.1, 0.15) is 17.3 Å². The van der Waals surface area contributed by atoms with Gasteiger partial charge in [-0.3, -0.25) is 4.79 Å². The van der Waals surface area contributed by atoms with Crippen molar-refractivity contribution in [1.82, 2.24) is 0 Å². The summed E-state index contributed by atoms with van der Waals surface area (Å²) < 4.78 is 23.1. The van der Waals surface area contributed by atoms with Gasteiger partial charge in [-0.05, 0) is 42.5 Å². The van der Waals surface area contributed by atoms with E-state index in [1.54, 1.807) is 18.2 Å². The lowest BCUT2D eigenvalue weighted by Gasteiger charge is -2.09. The molecule has 2 aromatic carbocycles. The standard InChI is InChI=1S/C16H15ClFNO3/c1-21-15-7-4-12(10-14(15)17)19-16(20)8-9-22-13-5-2-11(18)3-6-13/h2-7,10H,8-9H2,1H3,(H,19,20). The van der Waals surface area contributed by atoms with Gasteiger partial charge >= 0.3 is 0 Å². The number of hydrogen-bond donors (Lipinski definition) is 1. The third-order valence-corrected chi connectivity index (χ3v) is 3.14. The lowest BCUT2D eigenvalue weighted by atomic mass is 10.3. The van der Waals surface area contributed by atoms with E-state index < -0.39 is 0 Å². The first kappa shape index (κ1) is 16.1. The molecular formula is C16H15ClFNO3. The molecule has 22 heavy (non-hydrogen) atoms. The van der Waals surface area contributed by atoms with E-state index in [0.717, 1.165) is 0 Å². The van der Waals surface area contributed by atoms with E-state index in [2.05, 4.69) is 5.32 Å². The van der Waals surface area contributed by atoms with Crippen LogP contribution >= 0.6 is 11.6 Å². The van der Waals surface area contributed by atoms with Crippen molar-refractivity contribution in [1.29, 1.82) is 0 Å². The predicted molar refractivity (Wildman–Crippen MR) is 83.1 cm³/mol. The summed E-state index contributed by atoms with van der Waals surface area (Å²) in [5.41, 5.74) is 0.581. The molecule has 0 saturated heterocycles. The number of amides is 1. The number of benzene rings is 2. The second kappa shape index (κ2) is 7.66. The summed E-state index contributed by atoms with van der Waals surface area (Å²) >= 11 is 5.98. The molecule has 0 unspecified atom stereocenters. The second-order valence-corrected chi connectivity index (χ2v) is 4.86. The minimum Gasteiger partial charge on any atom is -0.495 e. The van der Waals surface area contributed by atoms with Crippen LogP contribution in [0.3, 0.4) is 0 Å². The molecule has 0 bridgehead atoms. The van der Waals surface area contributed by atoms with Gasteiger partial charge in [-0.15, -0.1) is 0 Å². The molecule has 0 aliphatic carbocycles. The SMILES string of the molecule is COc1ccc(NC(=O)CCOc2ccc(F)cc2)cc1Cl. The molecule has 2 rings (SSSR count). The van der Waals surface area contributed by atoms with E-state index in [1.807, 2.05) is 0 Å². The molecule has 4 nitrogen and oxygen atoms in total. The summed E-state index contributed by atoms with van der Waals surface area (Å²) in [6.07, 6.45) is 0.168. The quantitative estimate of drug-likeness (QED) is 0.877. The Kier molecular flexibility index (Phi) is 5.61. The molecule has 0 aliphatic rings. The summed E-state index contributed by atoms with van der Waals surface area (Å²) in [6, 6.07) is 10.6. The first-order valence-electron chi connectivity index (χ1n) is 6.60. The number of rotatable bonds is 6. The normalized spacial score (nSPS) is 10.1. The van der Waals surface area contributed by atoms with E-state index in [4.69, 9.17) is 21.1 Å². The highest BCUT2D eigenvalue weighted by Crippen LogP contribution is 2.27. The summed E-state index contributed by atoms with van der Waals surface area (Å²) in [6.45, 7) is 0.196. The fourth-order valence-corrected chi connectivity index (χ4v) is 2.02. The average Bonchev–Trinajstić information content (AvgIpc) is 2.49. The van der Waals surface area contributed by atoms with Gasteiger partial charge in [0, 0.05) is 5.69 Å². The third kappa shape index (κ3) is 4.63. The van der Waals surface area contributed by atoms with E-state index in [-0.39, 0.29) is 24.8 Å². The van der Waals surface area contributed by atoms with Crippen LogP contribution in [0, 0.1) is 5.82 Å². The Bertz CT molecular complexity index is 646. The predicted octanol–water partition coefficient (Wildman–Crippen LogP) is 3.90. The highest BCUT2D eigenvalue weighted by molar-refractivity contribution is 6.32. The molecular weight excluding hydrogens is 309 g/mol. The molecule has 0 spiro atoms. The summed E-state index contributed by atoms with van der Waals surface area (Å²) in [5.74, 6) is 0.519. The minimum absolute atomic E-state index is 0.168. The van der Waals surface area contributed by atoms with Crippen molar-refractivity contribution in [2.24, 2.45) is 0 Å². The Morgan fingerprint density at radius 2 is 1.95 bits per heavy atom. The number of halogens is 2. The Morgan fingerprint density at radius 1 is 1.23 bits per heavy atom. The molecule has 116 valence electrons. The van der Waals surface area contributed by atoms with Crippen LogP contribution < -0.4 is 14.8 Å². The van der Waals surface area contributed by atoms with Crippen molar-refractivity contribution < 1.29 is 18.7 Å². The van der Waals surface area contributed by atoms with Crippen molar-refractivity contribution in [2.45, 2.75) is 6.42 Å². The minimum atomic E-state index is -0.332. The van der Waals surface area contributed by atoms with Crippen molar-refractivity contribution >= 4 is 23.2 Å². The molecule has 0 aromatic heterocycles. The first-order chi connectivity index (χ1) is 10.6. The van der Waals surface area contributed by atoms with Crippen LogP contribution in [-0.4, -0.2) is 19.6 Å². The lowest BCUT2D eigenvalue weighted by molar-refractivity contribution is -0.116. The zero-order valence-corrected chi connectivity index (χ0v) is 12.7. The molecule has 0 heterocycles. The Morgan fingerprint density at radius 3 is 2.59 bits per heavy atom. The van der Waals surface area contributed by atoms with Crippen molar-refractivity contribution in [3.63, 3.8) is 0 Å². The molecule has 6 heteroatoms. The summed E-state index contributed by atoms with van der Waals surface area (Å²) in [5, 5.41) is 3.13. The molecule has 0 fully saturated rings. The van der Waals surface area contributed by atoms with Gasteiger partial charge < -0.3 is 14.8 Å². The van der Waals surface area contributed by atoms with Gasteiger partial charge in [-0.25, -0.2) is 4.39 Å². The zero-order valence-electron chi connectivity index (χ0n) is 11.9. The first-order valence-corrected chi connectivity index (χ1v) is 6.98. The van der Waals surface area contributed by atoms with E-state index in [1.165, 1.54) is 31.4 Å². The van der Waals surface area contributed by atoms with E-state index in [0.29, 0.717) is 22.2 Å². The fraction of sp³-hybridized carbons (Fsp3) is 0.188. The van der Waals surface area contributed by atoms with Crippen LogP contribution in [0.25, 0.3) is 0 Å². The van der Waals surface area contributed by atoms with Gasteiger partial charge in [0.05, 0.1) is 25.2 Å². The maximum atomic E-state index is 12.7. The number of anilines is 1. The molecule has 0 atom stereocenters. The van der Waals surface area contributed by atoms with Crippen LogP contribution in [-0.2, 0) is 4.79 Å². The number of methoxy groups -OCH3 is 1. The Balaban J connectivity index is 1.80. The van der Waals surface area contributed by atoms with Crippen molar-refractivity contribution in [2.75, 3.05) is 19.0 Å². The number of nitrogens with one attached hydrogen (secondary N) is 1. The largest absolute Gasteiger partial charge is 0.495 e. The van der Waals surface area contributed by atoms with Crippen molar-refractivity contribution in [3.8, 4) is 11.5 Å². The van der Waals surface area contributed by atoms with Crippen LogP contribution in [0.5, 0.6) is 11.5 Å². The Hall–Kier alpha value is -2.27. The highest BCUT2D eigenvalue weighted by Gasteiger charge is 2.06. The van der Waals surface area contributed by atoms with Gasteiger partial charge in [-0.2, -0.15) is 0 Å². The Labute approximate surface area is 132 Å². The van der Waals surface area contributed by atoms with Crippen molar-refractivity contribution in [3.05, 3.63) is 53.3 Å². The number of hydrogen-bond acceptors (Lipinski definition) is 3. The van der Waals surface area contributed by atoms with Gasteiger partial charge in [0.2, 0.25) is 5.91 Å². The highest BCUT2D eigenvalue weighted by atomic mass is 35.5. The van der Waals surface area contributed by atoms with Crippen LogP contribution in [0.4, 0.5) is 10.1 Å². The number of carbonyl (C=O) groups is 1. The smallest absolute Gasteiger partial charge is 0.227 e. The average molecular weight is 324 g/mol. The molecule has 0 saturated carbocycles. The van der Waals surface area contributed by atoms with E-state index in [9.17, 15) is 9.18 Å². The van der Waals surface area contributed by atoms with Gasteiger partial charge in [0.15, 0.2) is 0 Å². The van der Waals surface area contributed by atoms with Crippen LogP contribution in [0.2, 0.25) is 5.02 Å². The zero-order chi connectivity index (χ0) is 15.9. The van der Waals surface area contributed by atoms with Crippen LogP contribution in [0.15, 0.2) is 42.5 Å². The van der Waals surface area contributed by atoms with Gasteiger partial charge in [-0.1, -0.05) is 11.6 Å². The molecule has 2 aromatic rings. The number of ether oxygens (including phenoxy) is 2. The van der Waals surface area contributed by atoms with E-state index >= 15 is 0 Å². The molecule has 0 aliphatic heterocycles. The maximum Gasteiger partial charge on any atom is 0.227 e. The second-order valence-electron chi connectivity index (χ2n) is 4.45. The monoisotopic (exact) mass is 323 g/mol. The van der Waals surface area contributed by atoms with Crippen LogP contribution in [0.1, 0.15) is 6.42 Å². The summed E-state index contributed by atoms with van der Waals surface area (Å²) in [4.78, 5) is 11.8. The fourth-order valence-electron chi connectivity index (χ4n) is 1.76. The lowest BCUT2D eigenvalue weighted by Crippen LogP contribution is -2.15. The maximum absolute atomic E-state index is 12.7. The van der Waals surface area contributed by atoms with Gasteiger partial charge in [0.25, 0.3) is 0 Å². The summed E-state index contributed by atoms with van der Waals surface area (Å²) in [7, 11) is 1.52. The number of carbonyl (C=O) groups excluding carboxylic acids is 1. The molecule has 0 radical (unpaired) electrons. The molecule has 1 N–H and O–H groups in total. The third-order valence-electron chi connectivity index (χ3n) is 2.85. The topological polar surface area (TPSA) is 47.6 Å².